The van der Waals surface area contributed by atoms with Crippen LogP contribution in [-0.2, 0) is 9.59 Å². The Kier molecular flexibility index (Phi) is 6.88. The first-order chi connectivity index (χ1) is 14.0. The number of aliphatic hydroxyl groups is 1. The molecule has 1 aromatic rings. The molecule has 2 aliphatic carbocycles. The van der Waals surface area contributed by atoms with Crippen molar-refractivity contribution in [1.29, 1.82) is 0 Å². The van der Waals surface area contributed by atoms with Crippen molar-refractivity contribution in [1.82, 2.24) is 5.32 Å². The average Bonchev–Trinajstić information content (AvgIpc) is 3.57. The first kappa shape index (κ1) is 22.8. The molecule has 0 amide bonds. The van der Waals surface area contributed by atoms with Crippen molar-refractivity contribution in [2.24, 2.45) is 23.7 Å². The van der Waals surface area contributed by atoms with Gasteiger partial charge < -0.3 is 19.9 Å². The van der Waals surface area contributed by atoms with Gasteiger partial charge in [0.15, 0.2) is 11.5 Å². The van der Waals surface area contributed by atoms with Crippen LogP contribution in [0, 0.1) is 23.7 Å². The predicted molar refractivity (Wildman–Crippen MR) is 114 cm³/mol. The highest BCUT2D eigenvalue weighted by Crippen LogP contribution is 2.40. The van der Waals surface area contributed by atoms with Crippen LogP contribution in [0.2, 0.25) is 0 Å². The Labute approximate surface area is 179 Å². The lowest BCUT2D eigenvalue weighted by molar-refractivity contribution is -0.141. The van der Waals surface area contributed by atoms with Gasteiger partial charge in [-0.25, -0.2) is 0 Å². The van der Waals surface area contributed by atoms with Crippen molar-refractivity contribution in [3.05, 3.63) is 23.8 Å². The lowest BCUT2D eigenvalue weighted by Gasteiger charge is -2.23. The summed E-state index contributed by atoms with van der Waals surface area (Å²) in [7, 11) is 0. The molecule has 1 aromatic carbocycles. The van der Waals surface area contributed by atoms with Gasteiger partial charge in [0.05, 0.1) is 17.9 Å². The Morgan fingerprint density at radius 3 is 1.97 bits per heavy atom. The molecular formula is C24H35NO5. The Morgan fingerprint density at radius 1 is 1.00 bits per heavy atom. The van der Waals surface area contributed by atoms with Gasteiger partial charge in [-0.3, -0.25) is 9.59 Å². The lowest BCUT2D eigenvalue weighted by Crippen LogP contribution is -2.38. The average molecular weight is 418 g/mol. The number of carbonyl (C=O) groups excluding carboxylic acids is 2. The summed E-state index contributed by atoms with van der Waals surface area (Å²) in [5.41, 5.74) is 0.466. The smallest absolute Gasteiger partial charge is 0.314 e. The third-order valence-electron chi connectivity index (χ3n) is 6.00. The number of nitrogens with one attached hydrogen (secondary N) is 1. The summed E-state index contributed by atoms with van der Waals surface area (Å²) in [6.45, 7) is 10.2. The summed E-state index contributed by atoms with van der Waals surface area (Å²) in [6, 6.07) is 4.93. The standard InChI is InChI=1S/C24H35NO5/c1-14(16-6-7-16)22(27)29-20-11-10-18(19(26)13-25-24(3,4)5)12-21(20)30-23(28)15(2)17-8-9-17/h10-12,14-17,19,25-26H,6-9,13H2,1-5H3. The van der Waals surface area contributed by atoms with Gasteiger partial charge >= 0.3 is 11.9 Å². The summed E-state index contributed by atoms with van der Waals surface area (Å²) in [4.78, 5) is 25.1. The highest BCUT2D eigenvalue weighted by Gasteiger charge is 2.36. The van der Waals surface area contributed by atoms with Crippen molar-refractivity contribution in [3.63, 3.8) is 0 Å². The molecule has 0 heterocycles. The summed E-state index contributed by atoms with van der Waals surface area (Å²) in [5, 5.41) is 13.8. The maximum absolute atomic E-state index is 12.6. The van der Waals surface area contributed by atoms with Crippen LogP contribution in [0.15, 0.2) is 18.2 Å². The number of benzene rings is 1. The van der Waals surface area contributed by atoms with Crippen LogP contribution < -0.4 is 14.8 Å². The van der Waals surface area contributed by atoms with Gasteiger partial charge in [-0.15, -0.1) is 0 Å². The van der Waals surface area contributed by atoms with E-state index in [1.165, 1.54) is 0 Å². The zero-order valence-electron chi connectivity index (χ0n) is 18.7. The Morgan fingerprint density at radius 2 is 1.50 bits per heavy atom. The fraction of sp³-hybridized carbons (Fsp3) is 0.667. The molecule has 0 aliphatic heterocycles. The summed E-state index contributed by atoms with van der Waals surface area (Å²) in [6.07, 6.45) is 3.38. The molecule has 6 nitrogen and oxygen atoms in total. The van der Waals surface area contributed by atoms with Gasteiger partial charge in [0.25, 0.3) is 0 Å². The van der Waals surface area contributed by atoms with Crippen molar-refractivity contribution >= 4 is 11.9 Å². The first-order valence-corrected chi connectivity index (χ1v) is 11.1. The van der Waals surface area contributed by atoms with Crippen LogP contribution in [0.5, 0.6) is 11.5 Å². The molecule has 2 saturated carbocycles. The lowest BCUT2D eigenvalue weighted by atomic mass is 10.0. The van der Waals surface area contributed by atoms with Crippen molar-refractivity contribution in [2.45, 2.75) is 71.9 Å². The number of rotatable bonds is 9. The summed E-state index contributed by atoms with van der Waals surface area (Å²) < 4.78 is 11.3. The minimum atomic E-state index is -0.780. The summed E-state index contributed by atoms with van der Waals surface area (Å²) in [5.74, 6) is 0.137. The van der Waals surface area contributed by atoms with E-state index in [9.17, 15) is 14.7 Å². The van der Waals surface area contributed by atoms with E-state index in [1.807, 2.05) is 34.6 Å². The molecule has 3 unspecified atom stereocenters. The first-order valence-electron chi connectivity index (χ1n) is 11.1. The molecule has 0 radical (unpaired) electrons. The third-order valence-corrected chi connectivity index (χ3v) is 6.00. The maximum Gasteiger partial charge on any atom is 0.314 e. The van der Waals surface area contributed by atoms with Gasteiger partial charge in [0.1, 0.15) is 0 Å². The fourth-order valence-corrected chi connectivity index (χ4v) is 3.40. The Balaban J connectivity index is 1.77. The molecule has 166 valence electrons. The summed E-state index contributed by atoms with van der Waals surface area (Å²) >= 11 is 0. The quantitative estimate of drug-likeness (QED) is 0.466. The van der Waals surface area contributed by atoms with E-state index in [0.29, 0.717) is 23.9 Å². The largest absolute Gasteiger partial charge is 0.422 e. The molecule has 0 spiro atoms. The molecule has 2 fully saturated rings. The van der Waals surface area contributed by atoms with Crippen LogP contribution >= 0.6 is 0 Å². The van der Waals surface area contributed by atoms with Crippen LogP contribution in [0.3, 0.4) is 0 Å². The number of ether oxygens (including phenoxy) is 2. The van der Waals surface area contributed by atoms with E-state index in [-0.39, 0.29) is 40.8 Å². The zero-order chi connectivity index (χ0) is 22.1. The van der Waals surface area contributed by atoms with Gasteiger partial charge in [-0.1, -0.05) is 19.9 Å². The molecule has 0 bridgehead atoms. The van der Waals surface area contributed by atoms with Gasteiger partial charge in [0, 0.05) is 12.1 Å². The molecule has 0 aromatic heterocycles. The van der Waals surface area contributed by atoms with Crippen LogP contribution in [0.1, 0.15) is 72.0 Å². The van der Waals surface area contributed by atoms with E-state index in [4.69, 9.17) is 9.47 Å². The van der Waals surface area contributed by atoms with Crippen molar-refractivity contribution in [2.75, 3.05) is 6.54 Å². The second kappa shape index (κ2) is 9.06. The van der Waals surface area contributed by atoms with Gasteiger partial charge in [0.2, 0.25) is 0 Å². The van der Waals surface area contributed by atoms with Crippen molar-refractivity contribution in [3.8, 4) is 11.5 Å². The highest BCUT2D eigenvalue weighted by atomic mass is 16.6. The number of hydrogen-bond donors (Lipinski definition) is 2. The molecule has 2 N–H and O–H groups in total. The minimum Gasteiger partial charge on any atom is -0.422 e. The van der Waals surface area contributed by atoms with E-state index >= 15 is 0 Å². The zero-order valence-corrected chi connectivity index (χ0v) is 18.7. The second-order valence-corrected chi connectivity index (χ2v) is 9.95. The number of hydrogen-bond acceptors (Lipinski definition) is 6. The minimum absolute atomic E-state index is 0.135. The molecule has 3 rings (SSSR count). The van der Waals surface area contributed by atoms with Gasteiger partial charge in [-0.2, -0.15) is 0 Å². The SMILES string of the molecule is CC(C(=O)Oc1ccc(C(O)CNC(C)(C)C)cc1OC(=O)C(C)C1CC1)C1CC1. The van der Waals surface area contributed by atoms with E-state index in [1.54, 1.807) is 18.2 Å². The molecule has 30 heavy (non-hydrogen) atoms. The van der Waals surface area contributed by atoms with E-state index in [0.717, 1.165) is 25.7 Å². The fourth-order valence-electron chi connectivity index (χ4n) is 3.40. The predicted octanol–water partition coefficient (Wildman–Crippen LogP) is 4.01. The number of esters is 2. The van der Waals surface area contributed by atoms with Crippen LogP contribution in [0.25, 0.3) is 0 Å². The topological polar surface area (TPSA) is 84.9 Å². The molecule has 2 aliphatic rings. The number of carbonyl (C=O) groups is 2. The molecular weight excluding hydrogens is 382 g/mol. The molecule has 6 heteroatoms. The maximum atomic E-state index is 12.6. The third kappa shape index (κ3) is 6.29. The monoisotopic (exact) mass is 417 g/mol. The van der Waals surface area contributed by atoms with E-state index in [2.05, 4.69) is 5.32 Å². The highest BCUT2D eigenvalue weighted by molar-refractivity contribution is 5.79. The van der Waals surface area contributed by atoms with Crippen LogP contribution in [-0.4, -0.2) is 29.1 Å². The normalized spacial score (nSPS) is 19.7. The molecule has 0 saturated heterocycles. The van der Waals surface area contributed by atoms with Gasteiger partial charge in [-0.05, 0) is 76.0 Å². The number of aliphatic hydroxyl groups excluding tert-OH is 1. The van der Waals surface area contributed by atoms with E-state index < -0.39 is 6.10 Å². The Hall–Kier alpha value is -1.92. The molecule has 3 atom stereocenters. The van der Waals surface area contributed by atoms with Crippen molar-refractivity contribution < 1.29 is 24.2 Å². The van der Waals surface area contributed by atoms with Crippen LogP contribution in [0.4, 0.5) is 0 Å². The second-order valence-electron chi connectivity index (χ2n) is 9.95. The Bertz CT molecular complexity index is 776. The number of β-amino-alcohol motifs (C(OH)–C–C–N with tert-alkyl or cyclic N) is 1.